The minimum Gasteiger partial charge on any atom is -0.481 e. The highest BCUT2D eigenvalue weighted by Gasteiger charge is 2.19. The number of pyridine rings is 1. The number of halogens is 3. The number of carboxylic acid groups (broad SMARTS) is 1. The zero-order valence-electron chi connectivity index (χ0n) is 7.80. The van der Waals surface area contributed by atoms with Crippen molar-refractivity contribution in [1.29, 1.82) is 0 Å². The molecule has 0 fully saturated rings. The van der Waals surface area contributed by atoms with E-state index >= 15 is 0 Å². The third-order valence-electron chi connectivity index (χ3n) is 1.89. The molecule has 0 aromatic carbocycles. The van der Waals surface area contributed by atoms with Crippen LogP contribution in [-0.4, -0.2) is 16.1 Å². The predicted octanol–water partition coefficient (Wildman–Crippen LogP) is 2.56. The van der Waals surface area contributed by atoms with E-state index in [-0.39, 0.29) is 11.1 Å². The van der Waals surface area contributed by atoms with E-state index in [0.717, 1.165) is 6.20 Å². The molecule has 6 heteroatoms. The normalized spacial score (nSPS) is 10.7. The maximum Gasteiger partial charge on any atom is 0.307 e. The summed E-state index contributed by atoms with van der Waals surface area (Å²) in [6.07, 6.45) is -2.05. The lowest BCUT2D eigenvalue weighted by Crippen LogP contribution is -2.08. The van der Waals surface area contributed by atoms with Gasteiger partial charge < -0.3 is 5.11 Å². The van der Waals surface area contributed by atoms with E-state index in [2.05, 4.69) is 4.98 Å². The molecule has 0 amide bonds. The largest absolute Gasteiger partial charge is 0.481 e. The molecule has 1 aromatic rings. The molecule has 3 nitrogen and oxygen atoms in total. The van der Waals surface area contributed by atoms with Crippen molar-refractivity contribution in [2.75, 3.05) is 0 Å². The van der Waals surface area contributed by atoms with Crippen LogP contribution in [0.4, 0.5) is 8.78 Å². The van der Waals surface area contributed by atoms with Gasteiger partial charge in [-0.05, 0) is 35.1 Å². The summed E-state index contributed by atoms with van der Waals surface area (Å²) in [6.45, 7) is 1.66. The van der Waals surface area contributed by atoms with Crippen LogP contribution in [-0.2, 0) is 11.2 Å². The predicted molar refractivity (Wildman–Crippen MR) is 58.0 cm³/mol. The summed E-state index contributed by atoms with van der Waals surface area (Å²) in [6, 6.07) is 0. The van der Waals surface area contributed by atoms with Crippen LogP contribution in [0.15, 0.2) is 6.20 Å². The molecule has 1 N–H and O–H groups in total. The first-order chi connectivity index (χ1) is 6.93. The van der Waals surface area contributed by atoms with E-state index in [0.29, 0.717) is 9.26 Å². The summed E-state index contributed by atoms with van der Waals surface area (Å²) in [4.78, 5) is 14.3. The first kappa shape index (κ1) is 12.3. The molecule has 0 aliphatic carbocycles. The number of rotatable bonds is 3. The SMILES string of the molecule is Cc1ncc(C(F)F)c(CC(=O)O)c1I. The van der Waals surface area contributed by atoms with Crippen LogP contribution in [0, 0.1) is 10.5 Å². The van der Waals surface area contributed by atoms with Gasteiger partial charge in [-0.2, -0.15) is 0 Å². The Morgan fingerprint density at radius 3 is 2.73 bits per heavy atom. The Labute approximate surface area is 98.7 Å². The highest BCUT2D eigenvalue weighted by molar-refractivity contribution is 14.1. The van der Waals surface area contributed by atoms with Gasteiger partial charge in [-0.1, -0.05) is 0 Å². The Morgan fingerprint density at radius 1 is 1.67 bits per heavy atom. The number of hydrogen-bond donors (Lipinski definition) is 1. The van der Waals surface area contributed by atoms with Gasteiger partial charge in [-0.15, -0.1) is 0 Å². The van der Waals surface area contributed by atoms with Crippen molar-refractivity contribution in [3.05, 3.63) is 26.6 Å². The number of nitrogens with zero attached hydrogens (tertiary/aromatic N) is 1. The molecule has 0 saturated carbocycles. The Bertz CT molecular complexity index is 396. The number of aliphatic carboxylic acids is 1. The first-order valence-electron chi connectivity index (χ1n) is 4.07. The molecular weight excluding hydrogens is 319 g/mol. The second-order valence-corrected chi connectivity index (χ2v) is 4.04. The van der Waals surface area contributed by atoms with Crippen molar-refractivity contribution in [2.45, 2.75) is 19.8 Å². The lowest BCUT2D eigenvalue weighted by atomic mass is 10.1. The molecule has 1 heterocycles. The topological polar surface area (TPSA) is 50.2 Å². The fourth-order valence-corrected chi connectivity index (χ4v) is 1.81. The van der Waals surface area contributed by atoms with E-state index < -0.39 is 18.8 Å². The van der Waals surface area contributed by atoms with Gasteiger partial charge in [0.1, 0.15) is 0 Å². The van der Waals surface area contributed by atoms with Gasteiger partial charge in [0, 0.05) is 15.3 Å². The van der Waals surface area contributed by atoms with E-state index in [1.165, 1.54) is 0 Å². The monoisotopic (exact) mass is 327 g/mol. The van der Waals surface area contributed by atoms with Gasteiger partial charge in [0.15, 0.2) is 0 Å². The average molecular weight is 327 g/mol. The van der Waals surface area contributed by atoms with Gasteiger partial charge in [-0.3, -0.25) is 9.78 Å². The molecule has 0 spiro atoms. The number of alkyl halides is 2. The number of carbonyl (C=O) groups is 1. The van der Waals surface area contributed by atoms with Crippen LogP contribution in [0.3, 0.4) is 0 Å². The highest BCUT2D eigenvalue weighted by atomic mass is 127. The minimum atomic E-state index is -2.69. The van der Waals surface area contributed by atoms with Crippen LogP contribution in [0.5, 0.6) is 0 Å². The molecule has 82 valence electrons. The molecule has 0 saturated heterocycles. The molecule has 0 atom stereocenters. The average Bonchev–Trinajstić information content (AvgIpc) is 2.12. The maximum atomic E-state index is 12.6. The maximum absolute atomic E-state index is 12.6. The van der Waals surface area contributed by atoms with E-state index in [1.807, 2.05) is 22.6 Å². The lowest BCUT2D eigenvalue weighted by molar-refractivity contribution is -0.136. The summed E-state index contributed by atoms with van der Waals surface area (Å²) >= 11 is 1.84. The number of aryl methyl sites for hydroxylation is 1. The highest BCUT2D eigenvalue weighted by Crippen LogP contribution is 2.27. The van der Waals surface area contributed by atoms with Gasteiger partial charge >= 0.3 is 5.97 Å². The van der Waals surface area contributed by atoms with Crippen molar-refractivity contribution >= 4 is 28.6 Å². The van der Waals surface area contributed by atoms with Gasteiger partial charge in [0.25, 0.3) is 6.43 Å². The van der Waals surface area contributed by atoms with Crippen molar-refractivity contribution in [1.82, 2.24) is 4.98 Å². The first-order valence-corrected chi connectivity index (χ1v) is 5.15. The summed E-state index contributed by atoms with van der Waals surface area (Å²) in [7, 11) is 0. The number of aromatic nitrogens is 1. The van der Waals surface area contributed by atoms with Crippen LogP contribution >= 0.6 is 22.6 Å². The molecule has 15 heavy (non-hydrogen) atoms. The summed E-state index contributed by atoms with van der Waals surface area (Å²) < 4.78 is 25.6. The van der Waals surface area contributed by atoms with Crippen molar-refractivity contribution in [3.63, 3.8) is 0 Å². The number of carboxylic acids is 1. The molecule has 1 rings (SSSR count). The summed E-state index contributed by atoms with van der Waals surface area (Å²) in [5, 5.41) is 8.62. The second-order valence-electron chi connectivity index (χ2n) is 2.96. The third-order valence-corrected chi connectivity index (χ3v) is 3.32. The zero-order valence-corrected chi connectivity index (χ0v) is 9.96. The van der Waals surface area contributed by atoms with Crippen LogP contribution < -0.4 is 0 Å². The fourth-order valence-electron chi connectivity index (χ4n) is 1.16. The molecular formula is C9H8F2INO2. The van der Waals surface area contributed by atoms with Crippen LogP contribution in [0.25, 0.3) is 0 Å². The molecule has 0 aliphatic rings. The van der Waals surface area contributed by atoms with Crippen molar-refractivity contribution in [2.24, 2.45) is 0 Å². The Kier molecular flexibility index (Phi) is 3.95. The smallest absolute Gasteiger partial charge is 0.307 e. The molecule has 0 bridgehead atoms. The quantitative estimate of drug-likeness (QED) is 0.868. The molecule has 0 radical (unpaired) electrons. The molecule has 1 aromatic heterocycles. The van der Waals surface area contributed by atoms with Crippen molar-refractivity contribution in [3.8, 4) is 0 Å². The Hall–Kier alpha value is -0.790. The third kappa shape index (κ3) is 2.83. The second kappa shape index (κ2) is 4.82. The standard InChI is InChI=1S/C9H8F2INO2/c1-4-8(12)5(2-7(14)15)6(3-13-4)9(10)11/h3,9H,2H2,1H3,(H,14,15). The van der Waals surface area contributed by atoms with Crippen molar-refractivity contribution < 1.29 is 18.7 Å². The Balaban J connectivity index is 3.28. The molecule has 0 unspecified atom stereocenters. The van der Waals surface area contributed by atoms with E-state index in [9.17, 15) is 13.6 Å². The van der Waals surface area contributed by atoms with E-state index in [4.69, 9.17) is 5.11 Å². The van der Waals surface area contributed by atoms with Crippen LogP contribution in [0.2, 0.25) is 0 Å². The molecule has 0 aliphatic heterocycles. The van der Waals surface area contributed by atoms with Gasteiger partial charge in [0.2, 0.25) is 0 Å². The summed E-state index contributed by atoms with van der Waals surface area (Å²) in [5.74, 6) is -1.12. The van der Waals surface area contributed by atoms with Crippen LogP contribution in [0.1, 0.15) is 23.2 Å². The number of hydrogen-bond acceptors (Lipinski definition) is 2. The lowest BCUT2D eigenvalue weighted by Gasteiger charge is -2.10. The zero-order chi connectivity index (χ0) is 11.6. The fraction of sp³-hybridized carbons (Fsp3) is 0.333. The van der Waals surface area contributed by atoms with Gasteiger partial charge in [0.05, 0.1) is 12.1 Å². The summed E-state index contributed by atoms with van der Waals surface area (Å²) in [5.41, 5.74) is 0.425. The Morgan fingerprint density at radius 2 is 2.27 bits per heavy atom. The van der Waals surface area contributed by atoms with E-state index in [1.54, 1.807) is 6.92 Å². The minimum absolute atomic E-state index is 0.158. The van der Waals surface area contributed by atoms with Gasteiger partial charge in [-0.25, -0.2) is 8.78 Å².